The highest BCUT2D eigenvalue weighted by atomic mass is 19.4. The van der Waals surface area contributed by atoms with E-state index in [2.05, 4.69) is 17.6 Å². The third-order valence-electron chi connectivity index (χ3n) is 6.36. The summed E-state index contributed by atoms with van der Waals surface area (Å²) in [5, 5.41) is 25.1. The number of hydrogen-bond acceptors (Lipinski definition) is 4. The number of halogens is 4. The quantitative estimate of drug-likeness (QED) is 0.255. The van der Waals surface area contributed by atoms with Gasteiger partial charge in [-0.25, -0.2) is 4.39 Å². The number of aliphatic hydroxyl groups excluding tert-OH is 1. The number of rotatable bonds is 11. The van der Waals surface area contributed by atoms with E-state index in [1.54, 1.807) is 18.2 Å². The molecule has 9 heteroatoms. The largest absolute Gasteiger partial charge is 0.508 e. The van der Waals surface area contributed by atoms with Gasteiger partial charge in [0, 0.05) is 30.3 Å². The Morgan fingerprint density at radius 2 is 1.71 bits per heavy atom. The van der Waals surface area contributed by atoms with Crippen molar-refractivity contribution in [2.24, 2.45) is 0 Å². The molecule has 0 unspecified atom stereocenters. The van der Waals surface area contributed by atoms with E-state index in [0.717, 1.165) is 22.8 Å². The van der Waals surface area contributed by atoms with E-state index in [4.69, 9.17) is 0 Å². The number of aromatic hydroxyl groups is 1. The Kier molecular flexibility index (Phi) is 9.88. The Morgan fingerprint density at radius 1 is 0.974 bits per heavy atom. The smallest absolute Gasteiger partial charge is 0.416 e. The van der Waals surface area contributed by atoms with Crippen molar-refractivity contribution in [3.63, 3.8) is 0 Å². The van der Waals surface area contributed by atoms with Gasteiger partial charge in [-0.2, -0.15) is 13.2 Å². The van der Waals surface area contributed by atoms with Crippen molar-refractivity contribution >= 4 is 5.91 Å². The molecule has 0 aliphatic heterocycles. The minimum Gasteiger partial charge on any atom is -0.508 e. The van der Waals surface area contributed by atoms with Gasteiger partial charge in [-0.05, 0) is 66.3 Å². The fourth-order valence-electron chi connectivity index (χ4n) is 4.15. The van der Waals surface area contributed by atoms with Crippen molar-refractivity contribution in [3.05, 3.63) is 99.9 Å². The lowest BCUT2D eigenvalue weighted by atomic mass is 9.97. The van der Waals surface area contributed by atoms with E-state index in [1.807, 2.05) is 31.2 Å². The molecule has 0 fully saturated rings. The minimum absolute atomic E-state index is 0.0152. The summed E-state index contributed by atoms with van der Waals surface area (Å²) in [6.45, 7) is 4.22. The van der Waals surface area contributed by atoms with Crippen molar-refractivity contribution in [2.45, 2.75) is 58.0 Å². The normalized spacial score (nSPS) is 13.2. The summed E-state index contributed by atoms with van der Waals surface area (Å²) in [5.41, 5.74) is 2.06. The van der Waals surface area contributed by atoms with Crippen LogP contribution in [0.15, 0.2) is 60.7 Å². The summed E-state index contributed by atoms with van der Waals surface area (Å²) < 4.78 is 52.6. The van der Waals surface area contributed by atoms with Gasteiger partial charge in [0.25, 0.3) is 0 Å². The summed E-state index contributed by atoms with van der Waals surface area (Å²) >= 11 is 0. The predicted molar refractivity (Wildman–Crippen MR) is 137 cm³/mol. The maximum atomic E-state index is 13.9. The van der Waals surface area contributed by atoms with Crippen LogP contribution in [0.2, 0.25) is 0 Å². The lowest BCUT2D eigenvalue weighted by Gasteiger charge is -2.19. The topological polar surface area (TPSA) is 81.6 Å². The van der Waals surface area contributed by atoms with Crippen LogP contribution in [0.5, 0.6) is 5.75 Å². The predicted octanol–water partition coefficient (Wildman–Crippen LogP) is 5.23. The number of hydrogen-bond donors (Lipinski definition) is 4. The Labute approximate surface area is 219 Å². The van der Waals surface area contributed by atoms with Crippen LogP contribution < -0.4 is 10.6 Å². The zero-order valence-electron chi connectivity index (χ0n) is 21.3. The minimum atomic E-state index is -4.59. The molecule has 5 nitrogen and oxygen atoms in total. The fraction of sp³-hybridized carbons (Fsp3) is 0.345. The number of aliphatic hydroxyl groups is 1. The van der Waals surface area contributed by atoms with Gasteiger partial charge in [-0.3, -0.25) is 4.79 Å². The second-order valence-corrected chi connectivity index (χ2v) is 9.54. The summed E-state index contributed by atoms with van der Waals surface area (Å²) in [6.07, 6.45) is -3.87. The second kappa shape index (κ2) is 12.9. The Morgan fingerprint density at radius 3 is 2.42 bits per heavy atom. The van der Waals surface area contributed by atoms with Crippen molar-refractivity contribution in [1.82, 2.24) is 10.6 Å². The van der Waals surface area contributed by atoms with Crippen molar-refractivity contribution < 1.29 is 32.6 Å². The lowest BCUT2D eigenvalue weighted by molar-refractivity contribution is -0.137. The Bertz CT molecular complexity index is 1250. The SMILES string of the molecule is C[C@H](Cc1cccc(CC(=O)NCc2cc(C(F)(F)F)ccc2F)c1)NC[C@H](C)c1ccc(O)c(CO)c1. The highest BCUT2D eigenvalue weighted by molar-refractivity contribution is 5.78. The molecule has 0 saturated carbocycles. The third-order valence-corrected chi connectivity index (χ3v) is 6.36. The first-order valence-corrected chi connectivity index (χ1v) is 12.3. The first-order chi connectivity index (χ1) is 18.0. The van der Waals surface area contributed by atoms with E-state index in [-0.39, 0.29) is 42.8 Å². The van der Waals surface area contributed by atoms with Crippen molar-refractivity contribution in [1.29, 1.82) is 0 Å². The van der Waals surface area contributed by atoms with Crippen LogP contribution in [-0.2, 0) is 37.0 Å². The highest BCUT2D eigenvalue weighted by Crippen LogP contribution is 2.30. The van der Waals surface area contributed by atoms with Crippen LogP contribution in [0, 0.1) is 5.82 Å². The van der Waals surface area contributed by atoms with Gasteiger partial charge in [0.15, 0.2) is 0 Å². The number of nitrogens with one attached hydrogen (secondary N) is 2. The first kappa shape index (κ1) is 29.1. The van der Waals surface area contributed by atoms with E-state index in [9.17, 15) is 32.6 Å². The lowest BCUT2D eigenvalue weighted by Crippen LogP contribution is -2.31. The van der Waals surface area contributed by atoms with Crippen LogP contribution in [-0.4, -0.2) is 28.7 Å². The molecule has 2 atom stereocenters. The van der Waals surface area contributed by atoms with Gasteiger partial charge in [-0.15, -0.1) is 0 Å². The maximum Gasteiger partial charge on any atom is 0.416 e. The van der Waals surface area contributed by atoms with Crippen molar-refractivity contribution in [2.75, 3.05) is 6.54 Å². The van der Waals surface area contributed by atoms with E-state index < -0.39 is 23.5 Å². The van der Waals surface area contributed by atoms with Crippen LogP contribution in [0.4, 0.5) is 17.6 Å². The molecule has 1 amide bonds. The molecule has 0 bridgehead atoms. The molecular weight excluding hydrogens is 500 g/mol. The molecule has 0 aliphatic carbocycles. The fourth-order valence-corrected chi connectivity index (χ4v) is 4.15. The van der Waals surface area contributed by atoms with E-state index in [1.165, 1.54) is 0 Å². The van der Waals surface area contributed by atoms with E-state index in [0.29, 0.717) is 30.7 Å². The molecule has 38 heavy (non-hydrogen) atoms. The summed E-state index contributed by atoms with van der Waals surface area (Å²) in [5.74, 6) is -1.01. The molecule has 3 rings (SSSR count). The Balaban J connectivity index is 1.51. The second-order valence-electron chi connectivity index (χ2n) is 9.54. The molecule has 0 heterocycles. The zero-order valence-corrected chi connectivity index (χ0v) is 21.3. The van der Waals surface area contributed by atoms with Gasteiger partial charge in [0.2, 0.25) is 5.91 Å². The number of carbonyl (C=O) groups excluding carboxylic acids is 1. The first-order valence-electron chi connectivity index (χ1n) is 12.3. The van der Waals surface area contributed by atoms with Crippen molar-refractivity contribution in [3.8, 4) is 5.75 Å². The molecule has 0 spiro atoms. The molecule has 0 aliphatic rings. The average molecular weight is 533 g/mol. The van der Waals surface area contributed by atoms with Crippen LogP contribution in [0.25, 0.3) is 0 Å². The van der Waals surface area contributed by atoms with E-state index >= 15 is 0 Å². The highest BCUT2D eigenvalue weighted by Gasteiger charge is 2.31. The maximum absolute atomic E-state index is 13.9. The zero-order chi connectivity index (χ0) is 27.9. The number of alkyl halides is 3. The van der Waals surface area contributed by atoms with Gasteiger partial charge in [0.05, 0.1) is 18.6 Å². The molecule has 0 aromatic heterocycles. The molecule has 4 N–H and O–H groups in total. The standard InChI is InChI=1S/C29H32F4N2O3/c1-18(22-6-9-27(37)24(13-22)17-36)15-34-19(2)10-20-4-3-5-21(11-20)12-28(38)35-16-23-14-25(29(31,32)33)7-8-26(23)30/h3-9,11,13-14,18-19,34,36-37H,10,12,15-17H2,1-2H3,(H,35,38)/t18-,19+/m0/s1. The number of carbonyl (C=O) groups is 1. The third kappa shape index (κ3) is 8.29. The van der Waals surface area contributed by atoms with Gasteiger partial charge in [0.1, 0.15) is 11.6 Å². The number of phenols is 1. The molecule has 204 valence electrons. The van der Waals surface area contributed by atoms with Gasteiger partial charge in [-0.1, -0.05) is 37.3 Å². The average Bonchev–Trinajstić information content (AvgIpc) is 2.86. The summed E-state index contributed by atoms with van der Waals surface area (Å²) in [6, 6.07) is 14.9. The van der Waals surface area contributed by atoms with Gasteiger partial charge >= 0.3 is 6.18 Å². The van der Waals surface area contributed by atoms with Crippen LogP contribution >= 0.6 is 0 Å². The van der Waals surface area contributed by atoms with Crippen LogP contribution in [0.3, 0.4) is 0 Å². The molecule has 0 radical (unpaired) electrons. The number of amides is 1. The molecule has 0 saturated heterocycles. The molecule has 3 aromatic carbocycles. The molecular formula is C29H32F4N2O3. The Hall–Kier alpha value is -3.43. The monoisotopic (exact) mass is 532 g/mol. The van der Waals surface area contributed by atoms with Gasteiger partial charge < -0.3 is 20.8 Å². The van der Waals surface area contributed by atoms with Crippen LogP contribution in [0.1, 0.15) is 53.1 Å². The summed E-state index contributed by atoms with van der Waals surface area (Å²) in [4.78, 5) is 12.4. The summed E-state index contributed by atoms with van der Waals surface area (Å²) in [7, 11) is 0. The molecule has 3 aromatic rings. The number of benzene rings is 3.